The molecule has 1 aliphatic heterocycles. The Hall–Kier alpha value is -2.18. The Kier molecular flexibility index (Phi) is 4.19. The van der Waals surface area contributed by atoms with Crippen molar-refractivity contribution < 1.29 is 13.2 Å². The van der Waals surface area contributed by atoms with E-state index >= 15 is 0 Å². The van der Waals surface area contributed by atoms with E-state index < -0.39 is 10.0 Å². The summed E-state index contributed by atoms with van der Waals surface area (Å²) in [5.74, 6) is -0.193. The molecule has 23 heavy (non-hydrogen) atoms. The van der Waals surface area contributed by atoms with Crippen molar-refractivity contribution in [3.05, 3.63) is 65.2 Å². The molecule has 0 bridgehead atoms. The van der Waals surface area contributed by atoms with Gasteiger partial charge in [-0.05, 0) is 36.2 Å². The second-order valence-corrected chi connectivity index (χ2v) is 7.43. The van der Waals surface area contributed by atoms with Gasteiger partial charge in [-0.15, -0.1) is 0 Å². The fraction of sp³-hybridized carbons (Fsp3) is 0.235. The highest BCUT2D eigenvalue weighted by Gasteiger charge is 2.26. The summed E-state index contributed by atoms with van der Waals surface area (Å²) >= 11 is 0. The molecule has 3 rings (SSSR count). The number of sulfonamides is 1. The smallest absolute Gasteiger partial charge is 0.251 e. The largest absolute Gasteiger partial charge is 0.351 e. The maximum Gasteiger partial charge on any atom is 0.251 e. The van der Waals surface area contributed by atoms with E-state index in [1.807, 2.05) is 25.1 Å². The van der Waals surface area contributed by atoms with Crippen molar-refractivity contribution in [3.8, 4) is 0 Å². The summed E-state index contributed by atoms with van der Waals surface area (Å²) in [7, 11) is -3.56. The molecule has 0 fully saturated rings. The number of hydrogen-bond donors (Lipinski definition) is 2. The van der Waals surface area contributed by atoms with Crippen LogP contribution in [0.1, 0.15) is 27.4 Å². The van der Waals surface area contributed by atoms with Gasteiger partial charge in [0.05, 0.1) is 4.90 Å². The first-order valence-electron chi connectivity index (χ1n) is 7.41. The van der Waals surface area contributed by atoms with Crippen molar-refractivity contribution in [1.82, 2.24) is 10.0 Å². The van der Waals surface area contributed by atoms with Gasteiger partial charge in [0.1, 0.15) is 0 Å². The van der Waals surface area contributed by atoms with Crippen LogP contribution in [0.3, 0.4) is 0 Å². The van der Waals surface area contributed by atoms with Gasteiger partial charge in [0, 0.05) is 24.6 Å². The Labute approximate surface area is 135 Å². The lowest BCUT2D eigenvalue weighted by molar-refractivity contribution is 0.0940. The molecule has 0 aromatic heterocycles. The van der Waals surface area contributed by atoms with E-state index in [1.165, 1.54) is 0 Å². The zero-order chi connectivity index (χ0) is 16.4. The number of benzene rings is 2. The maximum absolute atomic E-state index is 12.4. The van der Waals surface area contributed by atoms with Crippen LogP contribution >= 0.6 is 0 Å². The second-order valence-electron chi connectivity index (χ2n) is 5.66. The van der Waals surface area contributed by atoms with Crippen molar-refractivity contribution >= 4 is 15.9 Å². The van der Waals surface area contributed by atoms with Crippen molar-refractivity contribution in [1.29, 1.82) is 0 Å². The summed E-state index contributed by atoms with van der Waals surface area (Å²) < 4.78 is 27.5. The van der Waals surface area contributed by atoms with Crippen LogP contribution < -0.4 is 10.0 Å². The summed E-state index contributed by atoms with van der Waals surface area (Å²) in [4.78, 5) is 12.1. The Morgan fingerprint density at radius 3 is 2.74 bits per heavy atom. The van der Waals surface area contributed by atoms with Gasteiger partial charge >= 0.3 is 0 Å². The van der Waals surface area contributed by atoms with Crippen molar-refractivity contribution in [2.75, 3.05) is 13.1 Å². The lowest BCUT2D eigenvalue weighted by Crippen LogP contribution is -2.40. The molecule has 0 saturated heterocycles. The van der Waals surface area contributed by atoms with E-state index in [-0.39, 0.29) is 23.3 Å². The number of nitrogens with one attached hydrogen (secondary N) is 2. The number of carbonyl (C=O) groups excluding carboxylic acids is 1. The number of fused-ring (bicyclic) bond motifs is 1. The average Bonchev–Trinajstić information content (AvgIpc) is 2.54. The van der Waals surface area contributed by atoms with Crippen LogP contribution in [0.5, 0.6) is 0 Å². The third kappa shape index (κ3) is 3.28. The fourth-order valence-electron chi connectivity index (χ4n) is 2.74. The molecule has 120 valence electrons. The van der Waals surface area contributed by atoms with E-state index in [2.05, 4.69) is 10.0 Å². The first-order chi connectivity index (χ1) is 11.0. The number of aryl methyl sites for hydroxylation is 1. The van der Waals surface area contributed by atoms with Crippen molar-refractivity contribution in [2.24, 2.45) is 0 Å². The lowest BCUT2D eigenvalue weighted by Gasteiger charge is -2.25. The Morgan fingerprint density at radius 1 is 1.17 bits per heavy atom. The van der Waals surface area contributed by atoms with Gasteiger partial charge in [-0.1, -0.05) is 30.3 Å². The summed E-state index contributed by atoms with van der Waals surface area (Å²) in [6.45, 7) is 2.52. The standard InChI is InChI=1S/C17H18N2O3S/c1-12-5-4-6-14(9-12)23(21,22)19-11-13-10-18-17(20)16-8-3-2-7-15(13)16/h2-9,13,19H,10-11H2,1H3,(H,18,20). The Morgan fingerprint density at radius 2 is 1.96 bits per heavy atom. The second kappa shape index (κ2) is 6.14. The number of amides is 1. The third-order valence-electron chi connectivity index (χ3n) is 3.97. The van der Waals surface area contributed by atoms with Gasteiger partial charge in [0.2, 0.25) is 10.0 Å². The molecule has 2 N–H and O–H groups in total. The summed E-state index contributed by atoms with van der Waals surface area (Å²) in [6.07, 6.45) is 0. The topological polar surface area (TPSA) is 75.3 Å². The van der Waals surface area contributed by atoms with Gasteiger partial charge < -0.3 is 5.32 Å². The minimum Gasteiger partial charge on any atom is -0.351 e. The molecule has 1 unspecified atom stereocenters. The Bertz CT molecular complexity index is 846. The average molecular weight is 330 g/mol. The van der Waals surface area contributed by atoms with Gasteiger partial charge in [-0.25, -0.2) is 13.1 Å². The molecule has 1 atom stereocenters. The number of hydrogen-bond acceptors (Lipinski definition) is 3. The minimum absolute atomic E-state index is 0.0801. The van der Waals surface area contributed by atoms with Crippen molar-refractivity contribution in [2.45, 2.75) is 17.7 Å². The molecule has 6 heteroatoms. The third-order valence-corrected chi connectivity index (χ3v) is 5.40. The summed E-state index contributed by atoms with van der Waals surface area (Å²) in [5, 5.41) is 2.80. The molecular weight excluding hydrogens is 312 g/mol. The van der Waals surface area contributed by atoms with Gasteiger partial charge in [0.25, 0.3) is 5.91 Å². The molecule has 0 aliphatic carbocycles. The summed E-state index contributed by atoms with van der Waals surface area (Å²) in [6, 6.07) is 14.1. The van der Waals surface area contributed by atoms with Crippen molar-refractivity contribution in [3.63, 3.8) is 0 Å². The van der Waals surface area contributed by atoms with E-state index in [9.17, 15) is 13.2 Å². The molecule has 0 radical (unpaired) electrons. The van der Waals surface area contributed by atoms with Crippen LogP contribution in [0.15, 0.2) is 53.4 Å². The first-order valence-corrected chi connectivity index (χ1v) is 8.89. The normalized spacial score (nSPS) is 17.4. The molecule has 2 aromatic carbocycles. The molecule has 0 spiro atoms. The highest BCUT2D eigenvalue weighted by atomic mass is 32.2. The molecular formula is C17H18N2O3S. The Balaban J connectivity index is 1.79. The molecule has 1 heterocycles. The van der Waals surface area contributed by atoms with Crippen LogP contribution in [0.25, 0.3) is 0 Å². The zero-order valence-electron chi connectivity index (χ0n) is 12.7. The van der Waals surface area contributed by atoms with E-state index in [0.717, 1.165) is 11.1 Å². The molecule has 5 nitrogen and oxygen atoms in total. The van der Waals surface area contributed by atoms with Gasteiger partial charge in [-0.3, -0.25) is 4.79 Å². The molecule has 1 amide bonds. The van der Waals surface area contributed by atoms with Crippen LogP contribution in [-0.4, -0.2) is 27.4 Å². The van der Waals surface area contributed by atoms with Crippen LogP contribution in [0.2, 0.25) is 0 Å². The van der Waals surface area contributed by atoms with E-state index in [4.69, 9.17) is 0 Å². The monoisotopic (exact) mass is 330 g/mol. The molecule has 0 saturated carbocycles. The van der Waals surface area contributed by atoms with Crippen LogP contribution in [-0.2, 0) is 10.0 Å². The van der Waals surface area contributed by atoms with E-state index in [1.54, 1.807) is 30.3 Å². The zero-order valence-corrected chi connectivity index (χ0v) is 13.6. The molecule has 1 aliphatic rings. The van der Waals surface area contributed by atoms with Crippen LogP contribution in [0, 0.1) is 6.92 Å². The SMILES string of the molecule is Cc1cccc(S(=O)(=O)NCC2CNC(=O)c3ccccc32)c1. The summed E-state index contributed by atoms with van der Waals surface area (Å²) in [5.41, 5.74) is 2.38. The van der Waals surface area contributed by atoms with E-state index in [0.29, 0.717) is 12.1 Å². The van der Waals surface area contributed by atoms with Gasteiger partial charge in [0.15, 0.2) is 0 Å². The highest BCUT2D eigenvalue weighted by Crippen LogP contribution is 2.23. The fourth-order valence-corrected chi connectivity index (χ4v) is 3.93. The first kappa shape index (κ1) is 15.7. The van der Waals surface area contributed by atoms with Gasteiger partial charge in [-0.2, -0.15) is 0 Å². The quantitative estimate of drug-likeness (QED) is 0.897. The number of carbonyl (C=O) groups is 1. The molecule has 2 aromatic rings. The maximum atomic E-state index is 12.4. The predicted octanol–water partition coefficient (Wildman–Crippen LogP) is 1.80. The predicted molar refractivity (Wildman–Crippen MR) is 87.9 cm³/mol. The minimum atomic E-state index is -3.56. The lowest BCUT2D eigenvalue weighted by atomic mass is 9.91. The van der Waals surface area contributed by atoms with Crippen LogP contribution in [0.4, 0.5) is 0 Å². The highest BCUT2D eigenvalue weighted by molar-refractivity contribution is 7.89. The number of rotatable bonds is 4.